The number of hydrogen-bond donors (Lipinski definition) is 1. The Morgan fingerprint density at radius 2 is 1.94 bits per heavy atom. The molecule has 2 aromatic rings. The summed E-state index contributed by atoms with van der Waals surface area (Å²) >= 11 is 1.66. The Labute approximate surface area is 108 Å². The van der Waals surface area contributed by atoms with E-state index in [1.165, 1.54) is 4.88 Å². The average molecular weight is 269 g/mol. The third-order valence-corrected chi connectivity index (χ3v) is 3.26. The van der Waals surface area contributed by atoms with Crippen LogP contribution in [0.1, 0.15) is 10.4 Å². The minimum atomic E-state index is -2.79. The van der Waals surface area contributed by atoms with Gasteiger partial charge in [0.1, 0.15) is 5.75 Å². The first-order chi connectivity index (χ1) is 8.75. The van der Waals surface area contributed by atoms with Crippen LogP contribution in [0.3, 0.4) is 0 Å². The molecule has 0 bridgehead atoms. The van der Waals surface area contributed by atoms with Crippen LogP contribution in [-0.4, -0.2) is 6.61 Å². The van der Waals surface area contributed by atoms with Crippen LogP contribution in [0.2, 0.25) is 0 Å². The molecule has 0 spiro atoms. The van der Waals surface area contributed by atoms with Gasteiger partial charge in [-0.2, -0.15) is 8.78 Å². The molecule has 0 aliphatic carbocycles. The van der Waals surface area contributed by atoms with E-state index in [4.69, 9.17) is 0 Å². The summed E-state index contributed by atoms with van der Waals surface area (Å²) in [7, 11) is 0. The number of benzene rings is 1. The second-order valence-electron chi connectivity index (χ2n) is 3.67. The predicted molar refractivity (Wildman–Crippen MR) is 67.9 cm³/mol. The second kappa shape index (κ2) is 6.47. The van der Waals surface area contributed by atoms with Gasteiger partial charge in [-0.25, -0.2) is 0 Å². The van der Waals surface area contributed by atoms with Gasteiger partial charge in [0, 0.05) is 23.5 Å². The van der Waals surface area contributed by atoms with Crippen LogP contribution in [0.25, 0.3) is 0 Å². The monoisotopic (exact) mass is 269 g/mol. The van der Waals surface area contributed by atoms with Crippen molar-refractivity contribution >= 4 is 11.3 Å². The number of thiophene rings is 1. The fourth-order valence-electron chi connectivity index (χ4n) is 1.59. The molecule has 2 nitrogen and oxygen atoms in total. The highest BCUT2D eigenvalue weighted by molar-refractivity contribution is 7.09. The summed E-state index contributed by atoms with van der Waals surface area (Å²) in [6.45, 7) is -1.56. The molecule has 0 radical (unpaired) electrons. The standard InChI is InChI=1S/C13H13F2NOS/c14-13(15)17-12-6-2-1-4-10(12)8-16-9-11-5-3-7-18-11/h1-7,13,16H,8-9H2. The van der Waals surface area contributed by atoms with E-state index in [-0.39, 0.29) is 5.75 Å². The molecular formula is C13H13F2NOS. The first-order valence-corrected chi connectivity index (χ1v) is 6.39. The van der Waals surface area contributed by atoms with Crippen molar-refractivity contribution in [2.24, 2.45) is 0 Å². The van der Waals surface area contributed by atoms with Gasteiger partial charge in [0.25, 0.3) is 0 Å². The van der Waals surface area contributed by atoms with E-state index in [0.717, 1.165) is 12.1 Å². The Bertz CT molecular complexity index is 474. The number of rotatable bonds is 6. The minimum Gasteiger partial charge on any atom is -0.434 e. The molecule has 0 saturated heterocycles. The number of nitrogens with one attached hydrogen (secondary N) is 1. The highest BCUT2D eigenvalue weighted by Crippen LogP contribution is 2.20. The van der Waals surface area contributed by atoms with E-state index in [1.807, 2.05) is 17.5 Å². The molecule has 18 heavy (non-hydrogen) atoms. The SMILES string of the molecule is FC(F)Oc1ccccc1CNCc1cccs1. The van der Waals surface area contributed by atoms with Crippen molar-refractivity contribution < 1.29 is 13.5 Å². The smallest absolute Gasteiger partial charge is 0.387 e. The molecular weight excluding hydrogens is 256 g/mol. The minimum absolute atomic E-state index is 0.228. The Kier molecular flexibility index (Phi) is 4.66. The number of halogens is 2. The molecule has 1 aromatic carbocycles. The molecule has 2 rings (SSSR count). The van der Waals surface area contributed by atoms with Crippen molar-refractivity contribution in [2.45, 2.75) is 19.7 Å². The van der Waals surface area contributed by atoms with Gasteiger partial charge in [-0.05, 0) is 17.5 Å². The summed E-state index contributed by atoms with van der Waals surface area (Å²) in [5.41, 5.74) is 0.731. The maximum atomic E-state index is 12.2. The van der Waals surface area contributed by atoms with Crippen LogP contribution in [0.4, 0.5) is 8.78 Å². The highest BCUT2D eigenvalue weighted by atomic mass is 32.1. The molecule has 0 atom stereocenters. The molecule has 0 unspecified atom stereocenters. The van der Waals surface area contributed by atoms with E-state index in [2.05, 4.69) is 10.1 Å². The van der Waals surface area contributed by atoms with E-state index in [0.29, 0.717) is 6.54 Å². The molecule has 1 heterocycles. The Morgan fingerprint density at radius 1 is 1.11 bits per heavy atom. The lowest BCUT2D eigenvalue weighted by Crippen LogP contribution is -2.13. The van der Waals surface area contributed by atoms with Crippen LogP contribution >= 0.6 is 11.3 Å². The third kappa shape index (κ3) is 3.78. The third-order valence-electron chi connectivity index (χ3n) is 2.38. The lowest BCUT2D eigenvalue weighted by molar-refractivity contribution is -0.0505. The fraction of sp³-hybridized carbons (Fsp3) is 0.231. The van der Waals surface area contributed by atoms with Crippen molar-refractivity contribution in [3.05, 3.63) is 52.2 Å². The molecule has 5 heteroatoms. The van der Waals surface area contributed by atoms with Crippen LogP contribution in [0, 0.1) is 0 Å². The summed E-state index contributed by atoms with van der Waals surface area (Å²) in [4.78, 5) is 1.21. The number of para-hydroxylation sites is 1. The predicted octanol–water partition coefficient (Wildman–Crippen LogP) is 3.64. The van der Waals surface area contributed by atoms with Crippen LogP contribution in [0.15, 0.2) is 41.8 Å². The molecule has 96 valence electrons. The van der Waals surface area contributed by atoms with E-state index >= 15 is 0 Å². The van der Waals surface area contributed by atoms with Gasteiger partial charge in [-0.3, -0.25) is 0 Å². The van der Waals surface area contributed by atoms with Crippen LogP contribution in [-0.2, 0) is 13.1 Å². The zero-order valence-corrected chi connectivity index (χ0v) is 10.4. The van der Waals surface area contributed by atoms with Gasteiger partial charge in [0.2, 0.25) is 0 Å². The summed E-state index contributed by atoms with van der Waals surface area (Å²) < 4.78 is 28.9. The maximum Gasteiger partial charge on any atom is 0.387 e. The van der Waals surface area contributed by atoms with Gasteiger partial charge in [-0.1, -0.05) is 24.3 Å². The quantitative estimate of drug-likeness (QED) is 0.864. The van der Waals surface area contributed by atoms with E-state index in [1.54, 1.807) is 35.6 Å². The van der Waals surface area contributed by atoms with E-state index < -0.39 is 6.61 Å². The lowest BCUT2D eigenvalue weighted by Gasteiger charge is -2.10. The van der Waals surface area contributed by atoms with Gasteiger partial charge < -0.3 is 10.1 Å². The molecule has 1 aromatic heterocycles. The van der Waals surface area contributed by atoms with Crippen molar-refractivity contribution in [2.75, 3.05) is 0 Å². The molecule has 0 amide bonds. The summed E-state index contributed by atoms with van der Waals surface area (Å²) in [6.07, 6.45) is 0. The average Bonchev–Trinajstić information content (AvgIpc) is 2.84. The Balaban J connectivity index is 1.92. The topological polar surface area (TPSA) is 21.3 Å². The molecule has 0 fully saturated rings. The zero-order valence-electron chi connectivity index (χ0n) is 9.61. The summed E-state index contributed by atoms with van der Waals surface area (Å²) in [5, 5.41) is 5.21. The highest BCUT2D eigenvalue weighted by Gasteiger charge is 2.08. The molecule has 1 N–H and O–H groups in total. The van der Waals surface area contributed by atoms with Crippen molar-refractivity contribution in [1.29, 1.82) is 0 Å². The fourth-order valence-corrected chi connectivity index (χ4v) is 2.27. The molecule has 0 aliphatic rings. The second-order valence-corrected chi connectivity index (χ2v) is 4.70. The van der Waals surface area contributed by atoms with Gasteiger partial charge in [0.05, 0.1) is 0 Å². The first-order valence-electron chi connectivity index (χ1n) is 5.51. The summed E-state index contributed by atoms with van der Waals surface area (Å²) in [6, 6.07) is 10.8. The Morgan fingerprint density at radius 3 is 2.67 bits per heavy atom. The van der Waals surface area contributed by atoms with Gasteiger partial charge >= 0.3 is 6.61 Å². The van der Waals surface area contributed by atoms with Crippen molar-refractivity contribution in [3.63, 3.8) is 0 Å². The van der Waals surface area contributed by atoms with Gasteiger partial charge in [0.15, 0.2) is 0 Å². The molecule has 0 aliphatic heterocycles. The first kappa shape index (κ1) is 13.0. The van der Waals surface area contributed by atoms with Crippen LogP contribution < -0.4 is 10.1 Å². The van der Waals surface area contributed by atoms with Crippen molar-refractivity contribution in [1.82, 2.24) is 5.32 Å². The lowest BCUT2D eigenvalue weighted by atomic mass is 10.2. The van der Waals surface area contributed by atoms with E-state index in [9.17, 15) is 8.78 Å². The van der Waals surface area contributed by atoms with Crippen LogP contribution in [0.5, 0.6) is 5.75 Å². The van der Waals surface area contributed by atoms with Crippen molar-refractivity contribution in [3.8, 4) is 5.75 Å². The molecule has 0 saturated carbocycles. The number of hydrogen-bond acceptors (Lipinski definition) is 3. The number of alkyl halides is 2. The normalized spacial score (nSPS) is 10.8. The maximum absolute atomic E-state index is 12.2. The largest absolute Gasteiger partial charge is 0.434 e. The zero-order chi connectivity index (χ0) is 12.8. The summed E-state index contributed by atoms with van der Waals surface area (Å²) in [5.74, 6) is 0.228. The Hall–Kier alpha value is -1.46. The number of ether oxygens (including phenoxy) is 1. The van der Waals surface area contributed by atoms with Gasteiger partial charge in [-0.15, -0.1) is 11.3 Å².